The van der Waals surface area contributed by atoms with Crippen molar-refractivity contribution in [3.8, 4) is 0 Å². The zero-order valence-electron chi connectivity index (χ0n) is 14.1. The van der Waals surface area contributed by atoms with Crippen LogP contribution < -0.4 is 5.32 Å². The van der Waals surface area contributed by atoms with E-state index in [1.54, 1.807) is 11.1 Å². The van der Waals surface area contributed by atoms with Crippen molar-refractivity contribution in [2.24, 2.45) is 0 Å². The van der Waals surface area contributed by atoms with E-state index < -0.39 is 0 Å². The van der Waals surface area contributed by atoms with Gasteiger partial charge in [0.1, 0.15) is 0 Å². The molecule has 1 atom stereocenters. The molecule has 0 saturated carbocycles. The predicted octanol–water partition coefficient (Wildman–Crippen LogP) is 2.70. The van der Waals surface area contributed by atoms with Gasteiger partial charge in [0.05, 0.1) is 18.3 Å². The normalized spacial score (nSPS) is 11.6. The van der Waals surface area contributed by atoms with E-state index in [1.807, 2.05) is 55.5 Å². The minimum Gasteiger partial charge on any atom is -0.350 e. The van der Waals surface area contributed by atoms with Gasteiger partial charge in [-0.2, -0.15) is 0 Å². The Bertz CT molecular complexity index is 659. The summed E-state index contributed by atoms with van der Waals surface area (Å²) in [5.74, 6) is -0.129. The highest BCUT2D eigenvalue weighted by atomic mass is 16.2. The molecule has 1 N–H and O–H groups in total. The van der Waals surface area contributed by atoms with E-state index in [0.717, 1.165) is 11.3 Å². The summed E-state index contributed by atoms with van der Waals surface area (Å²) in [5.41, 5.74) is 1.87. The largest absolute Gasteiger partial charge is 0.350 e. The first kappa shape index (κ1) is 17.7. The third-order valence-electron chi connectivity index (χ3n) is 3.93. The maximum absolute atomic E-state index is 12.0. The quantitative estimate of drug-likeness (QED) is 0.851. The lowest BCUT2D eigenvalue weighted by Crippen LogP contribution is -2.35. The Hall–Kier alpha value is -2.69. The molecule has 2 rings (SSSR count). The van der Waals surface area contributed by atoms with E-state index in [2.05, 4.69) is 10.3 Å². The fourth-order valence-corrected chi connectivity index (χ4v) is 2.54. The monoisotopic (exact) mass is 325 g/mol. The van der Waals surface area contributed by atoms with Gasteiger partial charge in [0.2, 0.25) is 11.8 Å². The Balaban J connectivity index is 1.87. The van der Waals surface area contributed by atoms with Crippen LogP contribution >= 0.6 is 0 Å². The molecular formula is C19H23N3O2. The highest BCUT2D eigenvalue weighted by Crippen LogP contribution is 2.20. The molecule has 0 bridgehead atoms. The Labute approximate surface area is 142 Å². The number of benzene rings is 1. The van der Waals surface area contributed by atoms with Gasteiger partial charge >= 0.3 is 0 Å². The molecule has 126 valence electrons. The van der Waals surface area contributed by atoms with Gasteiger partial charge < -0.3 is 10.2 Å². The molecule has 24 heavy (non-hydrogen) atoms. The van der Waals surface area contributed by atoms with Crippen LogP contribution in [0.2, 0.25) is 0 Å². The van der Waals surface area contributed by atoms with Crippen molar-refractivity contribution in [3.05, 3.63) is 66.0 Å². The van der Waals surface area contributed by atoms with Gasteiger partial charge in [0.25, 0.3) is 0 Å². The number of rotatable bonds is 7. The molecule has 1 unspecified atom stereocenters. The van der Waals surface area contributed by atoms with Gasteiger partial charge in [-0.3, -0.25) is 14.6 Å². The molecule has 0 aliphatic heterocycles. The van der Waals surface area contributed by atoms with E-state index in [9.17, 15) is 9.59 Å². The van der Waals surface area contributed by atoms with Gasteiger partial charge in [-0.25, -0.2) is 0 Å². The van der Waals surface area contributed by atoms with Crippen molar-refractivity contribution in [2.75, 3.05) is 6.54 Å². The van der Waals surface area contributed by atoms with Crippen LogP contribution in [-0.4, -0.2) is 28.2 Å². The van der Waals surface area contributed by atoms with Crippen molar-refractivity contribution in [2.45, 2.75) is 32.9 Å². The van der Waals surface area contributed by atoms with Crippen LogP contribution in [0.15, 0.2) is 54.7 Å². The number of hydrogen-bond donors (Lipinski definition) is 1. The predicted molar refractivity (Wildman–Crippen MR) is 92.9 cm³/mol. The van der Waals surface area contributed by atoms with E-state index in [0.29, 0.717) is 13.1 Å². The topological polar surface area (TPSA) is 62.3 Å². The number of amides is 2. The second-order valence-corrected chi connectivity index (χ2v) is 5.65. The van der Waals surface area contributed by atoms with Crippen molar-refractivity contribution in [1.82, 2.24) is 15.2 Å². The van der Waals surface area contributed by atoms with Gasteiger partial charge in [0, 0.05) is 26.1 Å². The Morgan fingerprint density at radius 2 is 1.83 bits per heavy atom. The average molecular weight is 325 g/mol. The van der Waals surface area contributed by atoms with Crippen molar-refractivity contribution in [1.29, 1.82) is 0 Å². The summed E-state index contributed by atoms with van der Waals surface area (Å²) < 4.78 is 0. The van der Waals surface area contributed by atoms with Crippen LogP contribution in [0.1, 0.15) is 37.6 Å². The summed E-state index contributed by atoms with van der Waals surface area (Å²) in [6, 6.07) is 15.3. The Morgan fingerprint density at radius 3 is 2.46 bits per heavy atom. The highest BCUT2D eigenvalue weighted by molar-refractivity contribution is 5.78. The molecule has 0 aliphatic rings. The lowest BCUT2D eigenvalue weighted by molar-refractivity contribution is -0.131. The SMILES string of the molecule is CC(=O)N(CCC(=O)NCc1ccccn1)C(C)c1ccccc1. The average Bonchev–Trinajstić information content (AvgIpc) is 2.61. The van der Waals surface area contributed by atoms with Crippen LogP contribution in [0.4, 0.5) is 0 Å². The molecular weight excluding hydrogens is 302 g/mol. The Morgan fingerprint density at radius 1 is 1.12 bits per heavy atom. The minimum absolute atomic E-state index is 0.0381. The molecule has 0 aliphatic carbocycles. The molecule has 5 nitrogen and oxygen atoms in total. The number of hydrogen-bond acceptors (Lipinski definition) is 3. The molecule has 1 aromatic carbocycles. The molecule has 1 heterocycles. The van der Waals surface area contributed by atoms with Crippen LogP contribution in [0.25, 0.3) is 0 Å². The zero-order valence-corrected chi connectivity index (χ0v) is 14.1. The minimum atomic E-state index is -0.0906. The summed E-state index contributed by atoms with van der Waals surface area (Å²) in [5, 5.41) is 2.83. The standard InChI is InChI=1S/C19H23N3O2/c1-15(17-8-4-3-5-9-17)22(16(2)23)13-11-19(24)21-14-18-10-6-7-12-20-18/h3-10,12,15H,11,13-14H2,1-2H3,(H,21,24). The number of carbonyl (C=O) groups is 2. The first-order valence-corrected chi connectivity index (χ1v) is 8.06. The molecule has 0 fully saturated rings. The number of aromatic nitrogens is 1. The number of carbonyl (C=O) groups excluding carboxylic acids is 2. The molecule has 0 spiro atoms. The molecule has 2 amide bonds. The van der Waals surface area contributed by atoms with Gasteiger partial charge in [-0.15, -0.1) is 0 Å². The van der Waals surface area contributed by atoms with E-state index in [1.165, 1.54) is 6.92 Å². The van der Waals surface area contributed by atoms with Crippen LogP contribution in [0.3, 0.4) is 0 Å². The summed E-state index contributed by atoms with van der Waals surface area (Å²) in [6.45, 7) is 4.29. The molecule has 5 heteroatoms. The lowest BCUT2D eigenvalue weighted by Gasteiger charge is -2.28. The van der Waals surface area contributed by atoms with E-state index >= 15 is 0 Å². The summed E-state index contributed by atoms with van der Waals surface area (Å²) in [7, 11) is 0. The van der Waals surface area contributed by atoms with Gasteiger partial charge in [0.15, 0.2) is 0 Å². The number of nitrogens with one attached hydrogen (secondary N) is 1. The van der Waals surface area contributed by atoms with E-state index in [-0.39, 0.29) is 24.3 Å². The first-order valence-electron chi connectivity index (χ1n) is 8.06. The van der Waals surface area contributed by atoms with E-state index in [4.69, 9.17) is 0 Å². The van der Waals surface area contributed by atoms with Crippen molar-refractivity contribution in [3.63, 3.8) is 0 Å². The smallest absolute Gasteiger partial charge is 0.222 e. The third-order valence-corrected chi connectivity index (χ3v) is 3.93. The van der Waals surface area contributed by atoms with Crippen molar-refractivity contribution >= 4 is 11.8 Å². The maximum atomic E-state index is 12.0. The molecule has 0 saturated heterocycles. The van der Waals surface area contributed by atoms with Crippen molar-refractivity contribution < 1.29 is 9.59 Å². The van der Waals surface area contributed by atoms with Crippen LogP contribution in [0, 0.1) is 0 Å². The fourth-order valence-electron chi connectivity index (χ4n) is 2.54. The maximum Gasteiger partial charge on any atom is 0.222 e. The second-order valence-electron chi connectivity index (χ2n) is 5.65. The molecule has 0 radical (unpaired) electrons. The number of pyridine rings is 1. The number of nitrogens with zero attached hydrogens (tertiary/aromatic N) is 2. The summed E-state index contributed by atoms with van der Waals surface area (Å²) in [6.07, 6.45) is 1.96. The fraction of sp³-hybridized carbons (Fsp3) is 0.316. The zero-order chi connectivity index (χ0) is 17.4. The first-order chi connectivity index (χ1) is 11.6. The molecule has 1 aromatic heterocycles. The third kappa shape index (κ3) is 5.19. The van der Waals surface area contributed by atoms with Gasteiger partial charge in [-0.1, -0.05) is 36.4 Å². The summed E-state index contributed by atoms with van der Waals surface area (Å²) in [4.78, 5) is 29.8. The Kier molecular flexibility index (Phi) is 6.49. The van der Waals surface area contributed by atoms with Crippen LogP contribution in [0.5, 0.6) is 0 Å². The van der Waals surface area contributed by atoms with Crippen LogP contribution in [-0.2, 0) is 16.1 Å². The molecule has 2 aromatic rings. The second kappa shape index (κ2) is 8.82. The highest BCUT2D eigenvalue weighted by Gasteiger charge is 2.19. The van der Waals surface area contributed by atoms with Gasteiger partial charge in [-0.05, 0) is 24.6 Å². The summed E-state index contributed by atoms with van der Waals surface area (Å²) >= 11 is 0. The lowest BCUT2D eigenvalue weighted by atomic mass is 10.1.